The molecule has 0 aromatic carbocycles. The second kappa shape index (κ2) is 4.29. The lowest BCUT2D eigenvalue weighted by atomic mass is 10.1. The highest BCUT2D eigenvalue weighted by atomic mass is 16.5. The van der Waals surface area contributed by atoms with Gasteiger partial charge in [0.25, 0.3) is 0 Å². The SMILES string of the molecule is Nc1noc(-c2ccccn2)c1-c1ccncc1. The molecule has 18 heavy (non-hydrogen) atoms. The third-order valence-corrected chi connectivity index (χ3v) is 2.59. The molecule has 0 atom stereocenters. The number of nitrogen functional groups attached to an aromatic ring is 1. The lowest BCUT2D eigenvalue weighted by molar-refractivity contribution is 0.435. The standard InChI is InChI=1S/C13H10N4O/c14-13-11(9-4-7-15-8-5-9)12(18-17-13)10-3-1-2-6-16-10/h1-8H,(H2,14,17). The minimum atomic E-state index is 0.349. The van der Waals surface area contributed by atoms with Gasteiger partial charge in [-0.25, -0.2) is 0 Å². The van der Waals surface area contributed by atoms with E-state index in [1.165, 1.54) is 0 Å². The first-order valence-corrected chi connectivity index (χ1v) is 5.43. The Bertz CT molecular complexity index is 649. The second-order valence-electron chi connectivity index (χ2n) is 3.72. The van der Waals surface area contributed by atoms with Crippen molar-refractivity contribution in [3.8, 4) is 22.6 Å². The van der Waals surface area contributed by atoms with E-state index in [-0.39, 0.29) is 0 Å². The van der Waals surface area contributed by atoms with Crippen LogP contribution in [0.5, 0.6) is 0 Å². The first kappa shape index (κ1) is 10.5. The summed E-state index contributed by atoms with van der Waals surface area (Å²) in [5.41, 5.74) is 8.21. The Balaban J connectivity index is 2.19. The number of hydrogen-bond donors (Lipinski definition) is 1. The maximum absolute atomic E-state index is 5.86. The maximum atomic E-state index is 5.86. The molecule has 0 radical (unpaired) electrons. The molecule has 0 fully saturated rings. The lowest BCUT2D eigenvalue weighted by Crippen LogP contribution is -1.89. The molecular weight excluding hydrogens is 228 g/mol. The predicted molar refractivity (Wildman–Crippen MR) is 67.4 cm³/mol. The molecule has 0 aliphatic carbocycles. The van der Waals surface area contributed by atoms with Gasteiger partial charge in [-0.2, -0.15) is 0 Å². The highest BCUT2D eigenvalue weighted by Crippen LogP contribution is 2.34. The molecule has 88 valence electrons. The zero-order valence-electron chi connectivity index (χ0n) is 9.45. The molecule has 3 rings (SSSR count). The van der Waals surface area contributed by atoms with Gasteiger partial charge in [0, 0.05) is 18.6 Å². The van der Waals surface area contributed by atoms with Crippen LogP contribution in [0.15, 0.2) is 53.4 Å². The van der Waals surface area contributed by atoms with Gasteiger partial charge in [-0.3, -0.25) is 9.97 Å². The smallest absolute Gasteiger partial charge is 0.195 e. The van der Waals surface area contributed by atoms with Crippen LogP contribution in [0.1, 0.15) is 0 Å². The third kappa shape index (κ3) is 1.71. The number of anilines is 1. The van der Waals surface area contributed by atoms with Crippen molar-refractivity contribution in [2.45, 2.75) is 0 Å². The fourth-order valence-electron chi connectivity index (χ4n) is 1.77. The molecular formula is C13H10N4O. The molecule has 0 amide bonds. The zero-order chi connectivity index (χ0) is 12.4. The second-order valence-corrected chi connectivity index (χ2v) is 3.72. The summed E-state index contributed by atoms with van der Waals surface area (Å²) in [4.78, 5) is 8.22. The minimum absolute atomic E-state index is 0.349. The number of rotatable bonds is 2. The molecule has 0 saturated heterocycles. The highest BCUT2D eigenvalue weighted by molar-refractivity contribution is 5.85. The first-order chi connectivity index (χ1) is 8.86. The molecule has 5 heteroatoms. The zero-order valence-corrected chi connectivity index (χ0v) is 9.45. The summed E-state index contributed by atoms with van der Waals surface area (Å²) >= 11 is 0. The van der Waals surface area contributed by atoms with E-state index in [1.807, 2.05) is 30.3 Å². The minimum Gasteiger partial charge on any atom is -0.380 e. The van der Waals surface area contributed by atoms with E-state index in [0.29, 0.717) is 17.3 Å². The molecule has 0 saturated carbocycles. The monoisotopic (exact) mass is 238 g/mol. The fraction of sp³-hybridized carbons (Fsp3) is 0. The molecule has 0 unspecified atom stereocenters. The molecule has 0 aliphatic rings. The molecule has 0 spiro atoms. The average molecular weight is 238 g/mol. The van der Waals surface area contributed by atoms with Crippen LogP contribution in [-0.4, -0.2) is 15.1 Å². The molecule has 5 nitrogen and oxygen atoms in total. The summed E-state index contributed by atoms with van der Waals surface area (Å²) < 4.78 is 5.28. The molecule has 0 aliphatic heterocycles. The van der Waals surface area contributed by atoms with Crippen molar-refractivity contribution in [1.29, 1.82) is 0 Å². The summed E-state index contributed by atoms with van der Waals surface area (Å²) in [5, 5.41) is 3.81. The highest BCUT2D eigenvalue weighted by Gasteiger charge is 2.17. The van der Waals surface area contributed by atoms with Gasteiger partial charge in [-0.1, -0.05) is 11.2 Å². The van der Waals surface area contributed by atoms with Crippen LogP contribution in [0, 0.1) is 0 Å². The number of pyridine rings is 2. The van der Waals surface area contributed by atoms with Crippen molar-refractivity contribution in [3.63, 3.8) is 0 Å². The Labute approximate surface area is 103 Å². The number of hydrogen-bond acceptors (Lipinski definition) is 5. The van der Waals surface area contributed by atoms with Crippen molar-refractivity contribution < 1.29 is 4.52 Å². The maximum Gasteiger partial charge on any atom is 0.195 e. The van der Waals surface area contributed by atoms with Crippen LogP contribution in [0.2, 0.25) is 0 Å². The van der Waals surface area contributed by atoms with E-state index >= 15 is 0 Å². The van der Waals surface area contributed by atoms with Gasteiger partial charge in [0.15, 0.2) is 11.6 Å². The van der Waals surface area contributed by atoms with Crippen LogP contribution in [0.25, 0.3) is 22.6 Å². The normalized spacial score (nSPS) is 10.4. The number of nitrogens with two attached hydrogens (primary N) is 1. The van der Waals surface area contributed by atoms with Crippen molar-refractivity contribution in [1.82, 2.24) is 15.1 Å². The summed E-state index contributed by atoms with van der Waals surface area (Å²) in [6.07, 6.45) is 5.10. The quantitative estimate of drug-likeness (QED) is 0.741. The Morgan fingerprint density at radius 1 is 1.00 bits per heavy atom. The van der Waals surface area contributed by atoms with E-state index in [1.54, 1.807) is 18.6 Å². The molecule has 0 bridgehead atoms. The Hall–Kier alpha value is -2.69. The van der Waals surface area contributed by atoms with Crippen LogP contribution >= 0.6 is 0 Å². The van der Waals surface area contributed by atoms with Crippen LogP contribution in [0.4, 0.5) is 5.82 Å². The third-order valence-electron chi connectivity index (χ3n) is 2.59. The number of aromatic nitrogens is 3. The van der Waals surface area contributed by atoms with Crippen LogP contribution in [-0.2, 0) is 0 Å². The topological polar surface area (TPSA) is 77.8 Å². The Morgan fingerprint density at radius 3 is 2.56 bits per heavy atom. The van der Waals surface area contributed by atoms with Gasteiger partial charge in [0.1, 0.15) is 5.69 Å². The van der Waals surface area contributed by atoms with Gasteiger partial charge in [0.2, 0.25) is 0 Å². The van der Waals surface area contributed by atoms with Gasteiger partial charge in [-0.15, -0.1) is 0 Å². The lowest BCUT2D eigenvalue weighted by Gasteiger charge is -2.01. The van der Waals surface area contributed by atoms with Gasteiger partial charge in [0.05, 0.1) is 5.56 Å². The summed E-state index contributed by atoms with van der Waals surface area (Å²) in [5.74, 6) is 0.918. The molecule has 3 aromatic rings. The van der Waals surface area contributed by atoms with E-state index in [2.05, 4.69) is 15.1 Å². The largest absolute Gasteiger partial charge is 0.380 e. The molecule has 3 heterocycles. The summed E-state index contributed by atoms with van der Waals surface area (Å²) in [6, 6.07) is 9.29. The van der Waals surface area contributed by atoms with E-state index in [4.69, 9.17) is 10.3 Å². The molecule has 2 N–H and O–H groups in total. The summed E-state index contributed by atoms with van der Waals surface area (Å²) in [7, 11) is 0. The first-order valence-electron chi connectivity index (χ1n) is 5.43. The van der Waals surface area contributed by atoms with Crippen molar-refractivity contribution in [3.05, 3.63) is 48.9 Å². The fourth-order valence-corrected chi connectivity index (χ4v) is 1.77. The van der Waals surface area contributed by atoms with E-state index in [9.17, 15) is 0 Å². The van der Waals surface area contributed by atoms with Gasteiger partial charge < -0.3 is 10.3 Å². The summed E-state index contributed by atoms with van der Waals surface area (Å²) in [6.45, 7) is 0. The predicted octanol–water partition coefficient (Wildman–Crippen LogP) is 2.38. The van der Waals surface area contributed by atoms with Gasteiger partial charge >= 0.3 is 0 Å². The Morgan fingerprint density at radius 2 is 1.83 bits per heavy atom. The van der Waals surface area contributed by atoms with E-state index < -0.39 is 0 Å². The van der Waals surface area contributed by atoms with Crippen molar-refractivity contribution in [2.24, 2.45) is 0 Å². The van der Waals surface area contributed by atoms with Gasteiger partial charge in [-0.05, 0) is 29.8 Å². The average Bonchev–Trinajstić information content (AvgIpc) is 2.83. The number of nitrogens with zero attached hydrogens (tertiary/aromatic N) is 3. The molecule has 3 aromatic heterocycles. The van der Waals surface area contributed by atoms with Crippen LogP contribution < -0.4 is 5.73 Å². The van der Waals surface area contributed by atoms with Crippen LogP contribution in [0.3, 0.4) is 0 Å². The Kier molecular flexibility index (Phi) is 2.49. The van der Waals surface area contributed by atoms with Crippen molar-refractivity contribution in [2.75, 3.05) is 5.73 Å². The van der Waals surface area contributed by atoms with E-state index in [0.717, 1.165) is 11.1 Å². The van der Waals surface area contributed by atoms with Crippen molar-refractivity contribution >= 4 is 5.82 Å².